The van der Waals surface area contributed by atoms with Crippen molar-refractivity contribution in [3.8, 4) is 0 Å². The first-order valence-electron chi connectivity index (χ1n) is 11.9. The molecule has 0 atom stereocenters. The fourth-order valence-electron chi connectivity index (χ4n) is 5.22. The standard InChI is InChI=1S/C29H33N3O2S/c1-16(2)32-25-12-19(5)21(13-23(25)20(6)15-29(32,7)8)14-24-26(33)30-28(35)31(27(24)34)22-10-9-17(3)18(4)11-22/h9-16H,1-8H3,(H,30,33,35)/b24-14+. The van der Waals surface area contributed by atoms with Gasteiger partial charge in [-0.25, -0.2) is 0 Å². The van der Waals surface area contributed by atoms with Gasteiger partial charge in [0.05, 0.1) is 11.2 Å². The van der Waals surface area contributed by atoms with E-state index in [0.717, 1.165) is 27.8 Å². The highest BCUT2D eigenvalue weighted by Crippen LogP contribution is 2.42. The summed E-state index contributed by atoms with van der Waals surface area (Å²) in [5.74, 6) is -0.897. The van der Waals surface area contributed by atoms with Gasteiger partial charge in [0, 0.05) is 17.3 Å². The van der Waals surface area contributed by atoms with E-state index in [1.165, 1.54) is 16.2 Å². The minimum Gasteiger partial charge on any atom is -0.360 e. The summed E-state index contributed by atoms with van der Waals surface area (Å²) >= 11 is 5.37. The summed E-state index contributed by atoms with van der Waals surface area (Å²) in [5.41, 5.74) is 8.07. The number of allylic oxidation sites excluding steroid dienone is 1. The smallest absolute Gasteiger partial charge is 0.270 e. The average molecular weight is 488 g/mol. The first-order chi connectivity index (χ1) is 16.3. The van der Waals surface area contributed by atoms with E-state index in [-0.39, 0.29) is 16.2 Å². The van der Waals surface area contributed by atoms with E-state index in [2.05, 4.69) is 63.0 Å². The highest BCUT2D eigenvalue weighted by atomic mass is 32.1. The number of benzene rings is 2. The molecule has 1 fully saturated rings. The zero-order valence-corrected chi connectivity index (χ0v) is 22.6. The number of rotatable bonds is 3. The van der Waals surface area contributed by atoms with Crippen molar-refractivity contribution in [1.29, 1.82) is 0 Å². The second-order valence-corrected chi connectivity index (χ2v) is 10.8. The Morgan fingerprint density at radius 3 is 2.29 bits per heavy atom. The highest BCUT2D eigenvalue weighted by molar-refractivity contribution is 7.80. The Morgan fingerprint density at radius 1 is 0.971 bits per heavy atom. The number of nitrogens with zero attached hydrogens (tertiary/aromatic N) is 2. The van der Waals surface area contributed by atoms with Crippen molar-refractivity contribution in [2.45, 2.75) is 67.0 Å². The first-order valence-corrected chi connectivity index (χ1v) is 12.3. The van der Waals surface area contributed by atoms with Gasteiger partial charge in [0.25, 0.3) is 11.8 Å². The van der Waals surface area contributed by atoms with Crippen molar-refractivity contribution in [2.24, 2.45) is 0 Å². The normalized spacial score (nSPS) is 18.7. The number of carbonyl (C=O) groups is 2. The summed E-state index contributed by atoms with van der Waals surface area (Å²) in [6.45, 7) is 17.0. The minimum absolute atomic E-state index is 0.0679. The summed E-state index contributed by atoms with van der Waals surface area (Å²) < 4.78 is 0. The number of anilines is 2. The molecule has 2 amide bonds. The lowest BCUT2D eigenvalue weighted by Crippen LogP contribution is -2.54. The first kappa shape index (κ1) is 24.9. The molecule has 2 aromatic carbocycles. The van der Waals surface area contributed by atoms with Crippen molar-refractivity contribution in [1.82, 2.24) is 5.32 Å². The van der Waals surface area contributed by atoms with Crippen molar-refractivity contribution >= 4 is 52.2 Å². The van der Waals surface area contributed by atoms with E-state index < -0.39 is 11.8 Å². The van der Waals surface area contributed by atoms with Crippen LogP contribution in [0.2, 0.25) is 0 Å². The Morgan fingerprint density at radius 2 is 1.66 bits per heavy atom. The van der Waals surface area contributed by atoms with Crippen LogP contribution < -0.4 is 15.1 Å². The van der Waals surface area contributed by atoms with Gasteiger partial charge in [0.1, 0.15) is 5.57 Å². The lowest BCUT2D eigenvalue weighted by molar-refractivity contribution is -0.122. The zero-order valence-electron chi connectivity index (χ0n) is 21.7. The molecule has 2 aliphatic rings. The maximum atomic E-state index is 13.5. The van der Waals surface area contributed by atoms with Gasteiger partial charge in [-0.2, -0.15) is 0 Å². The molecule has 2 aliphatic heterocycles. The second-order valence-electron chi connectivity index (χ2n) is 10.4. The fraction of sp³-hybridized carbons (Fsp3) is 0.345. The van der Waals surface area contributed by atoms with Gasteiger partial charge < -0.3 is 4.90 Å². The maximum Gasteiger partial charge on any atom is 0.270 e. The summed E-state index contributed by atoms with van der Waals surface area (Å²) in [5, 5.41) is 2.79. The predicted octanol–water partition coefficient (Wildman–Crippen LogP) is 5.85. The van der Waals surface area contributed by atoms with Crippen molar-refractivity contribution in [2.75, 3.05) is 9.80 Å². The lowest BCUT2D eigenvalue weighted by Gasteiger charge is -2.46. The largest absolute Gasteiger partial charge is 0.360 e. The van der Waals surface area contributed by atoms with Crippen molar-refractivity contribution < 1.29 is 9.59 Å². The van der Waals surface area contributed by atoms with Gasteiger partial charge in [-0.3, -0.25) is 19.8 Å². The number of nitrogens with one attached hydrogen (secondary N) is 1. The molecule has 2 aromatic rings. The van der Waals surface area contributed by atoms with Crippen LogP contribution in [0.1, 0.15) is 62.4 Å². The lowest BCUT2D eigenvalue weighted by atomic mass is 9.85. The minimum atomic E-state index is -0.477. The Labute approximate surface area is 213 Å². The number of hydrogen-bond donors (Lipinski definition) is 1. The molecule has 35 heavy (non-hydrogen) atoms. The van der Waals surface area contributed by atoms with Crippen molar-refractivity contribution in [3.05, 3.63) is 69.8 Å². The number of fused-ring (bicyclic) bond motifs is 1. The monoisotopic (exact) mass is 487 g/mol. The van der Waals surface area contributed by atoms with Crippen LogP contribution in [0, 0.1) is 20.8 Å². The van der Waals surface area contributed by atoms with Crippen LogP contribution in [0.15, 0.2) is 42.0 Å². The number of aryl methyl sites for hydroxylation is 3. The molecule has 182 valence electrons. The van der Waals surface area contributed by atoms with E-state index in [0.29, 0.717) is 11.7 Å². The average Bonchev–Trinajstić information content (AvgIpc) is 2.73. The van der Waals surface area contributed by atoms with Crippen LogP contribution in [0.5, 0.6) is 0 Å². The Bertz CT molecular complexity index is 1330. The molecule has 6 heteroatoms. The molecule has 0 aliphatic carbocycles. The maximum absolute atomic E-state index is 13.5. The SMILES string of the molecule is CC1=CC(C)(C)N(C(C)C)c2cc(C)c(/C=C3\C(=O)NC(=S)N(c4ccc(C)c(C)c4)C3=O)cc21. The fourth-order valence-corrected chi connectivity index (χ4v) is 5.50. The van der Waals surface area contributed by atoms with Gasteiger partial charge in [-0.1, -0.05) is 12.1 Å². The molecular formula is C29H33N3O2S. The molecule has 1 saturated heterocycles. The Hall–Kier alpha value is -3.25. The zero-order chi connectivity index (χ0) is 25.8. The number of carbonyl (C=O) groups excluding carboxylic acids is 2. The van der Waals surface area contributed by atoms with Crippen LogP contribution in [0.25, 0.3) is 11.6 Å². The predicted molar refractivity (Wildman–Crippen MR) is 149 cm³/mol. The van der Waals surface area contributed by atoms with Crippen LogP contribution >= 0.6 is 12.2 Å². The van der Waals surface area contributed by atoms with Gasteiger partial charge >= 0.3 is 0 Å². The molecule has 0 spiro atoms. The summed E-state index contributed by atoms with van der Waals surface area (Å²) in [4.78, 5) is 30.2. The van der Waals surface area contributed by atoms with Gasteiger partial charge in [-0.05, 0) is 126 Å². The van der Waals surface area contributed by atoms with Gasteiger partial charge in [0.15, 0.2) is 5.11 Å². The number of thiocarbonyl (C=S) groups is 1. The second kappa shape index (κ2) is 8.76. The van der Waals surface area contributed by atoms with Crippen LogP contribution in [-0.4, -0.2) is 28.5 Å². The molecule has 2 heterocycles. The van der Waals surface area contributed by atoms with Gasteiger partial charge in [-0.15, -0.1) is 0 Å². The van der Waals surface area contributed by atoms with E-state index in [4.69, 9.17) is 12.2 Å². The van der Waals surface area contributed by atoms with Crippen molar-refractivity contribution in [3.63, 3.8) is 0 Å². The molecule has 1 N–H and O–H groups in total. The third-order valence-electron chi connectivity index (χ3n) is 6.93. The van der Waals surface area contributed by atoms with Crippen LogP contribution in [-0.2, 0) is 9.59 Å². The molecule has 0 aromatic heterocycles. The molecular weight excluding hydrogens is 454 g/mol. The quantitative estimate of drug-likeness (QED) is 0.335. The summed E-state index contributed by atoms with van der Waals surface area (Å²) in [7, 11) is 0. The third kappa shape index (κ3) is 4.31. The Balaban J connectivity index is 1.81. The summed E-state index contributed by atoms with van der Waals surface area (Å²) in [6.07, 6.45) is 3.97. The van der Waals surface area contributed by atoms with E-state index in [9.17, 15) is 9.59 Å². The topological polar surface area (TPSA) is 52.7 Å². The van der Waals surface area contributed by atoms with E-state index in [1.54, 1.807) is 6.08 Å². The number of hydrogen-bond acceptors (Lipinski definition) is 4. The third-order valence-corrected chi connectivity index (χ3v) is 7.21. The molecule has 0 radical (unpaired) electrons. The highest BCUT2D eigenvalue weighted by Gasteiger charge is 2.36. The van der Waals surface area contributed by atoms with Crippen LogP contribution in [0.4, 0.5) is 11.4 Å². The molecule has 0 unspecified atom stereocenters. The molecule has 4 rings (SSSR count). The molecule has 0 bridgehead atoms. The summed E-state index contributed by atoms with van der Waals surface area (Å²) in [6, 6.07) is 10.3. The van der Waals surface area contributed by atoms with E-state index in [1.807, 2.05) is 39.0 Å². The van der Waals surface area contributed by atoms with Crippen LogP contribution in [0.3, 0.4) is 0 Å². The number of amides is 2. The van der Waals surface area contributed by atoms with E-state index >= 15 is 0 Å². The molecule has 0 saturated carbocycles. The molecule has 5 nitrogen and oxygen atoms in total. The Kier molecular flexibility index (Phi) is 6.22. The van der Waals surface area contributed by atoms with Gasteiger partial charge in [0.2, 0.25) is 0 Å².